The van der Waals surface area contributed by atoms with Gasteiger partial charge in [-0.3, -0.25) is 9.59 Å². The highest BCUT2D eigenvalue weighted by Crippen LogP contribution is 2.29. The number of carbonyl (C=O) groups excluding carboxylic acids is 2. The molecule has 2 aromatic carbocycles. The Balaban J connectivity index is 1.30. The molecule has 1 saturated heterocycles. The van der Waals surface area contributed by atoms with Gasteiger partial charge in [0.2, 0.25) is 11.9 Å². The van der Waals surface area contributed by atoms with E-state index >= 15 is 0 Å². The van der Waals surface area contributed by atoms with Gasteiger partial charge in [0.1, 0.15) is 0 Å². The molecule has 2 amide bonds. The number of carbonyl (C=O) groups is 2. The van der Waals surface area contributed by atoms with Crippen LogP contribution < -0.4 is 26.6 Å². The zero-order valence-corrected chi connectivity index (χ0v) is 25.6. The summed E-state index contributed by atoms with van der Waals surface area (Å²) in [7, 11) is 3.86. The normalized spacial score (nSPS) is 15.3. The largest absolute Gasteiger partial charge is 0.339 e. The molecule has 5 N–H and O–H groups in total. The van der Waals surface area contributed by atoms with Crippen LogP contribution in [0.15, 0.2) is 67.0 Å². The van der Waals surface area contributed by atoms with Crippen LogP contribution >= 0.6 is 0 Å². The van der Waals surface area contributed by atoms with E-state index in [0.717, 1.165) is 30.7 Å². The molecule has 12 heteroatoms. The van der Waals surface area contributed by atoms with Crippen LogP contribution in [0, 0.1) is 0 Å². The summed E-state index contributed by atoms with van der Waals surface area (Å²) in [6, 6.07) is 14.4. The predicted molar refractivity (Wildman–Crippen MR) is 176 cm³/mol. The number of amides is 2. The monoisotopic (exact) mass is 596 g/mol. The van der Waals surface area contributed by atoms with Crippen LogP contribution in [0.25, 0.3) is 11.2 Å². The number of nitrogens with zero attached hydrogens (tertiary/aromatic N) is 6. The number of anilines is 5. The Morgan fingerprint density at radius 2 is 1.84 bits per heavy atom. The highest BCUT2D eigenvalue weighted by Gasteiger charge is 2.23. The van der Waals surface area contributed by atoms with Crippen molar-refractivity contribution in [3.63, 3.8) is 0 Å². The maximum atomic E-state index is 13.0. The zero-order chi connectivity index (χ0) is 31.2. The summed E-state index contributed by atoms with van der Waals surface area (Å²) >= 11 is 0. The molecule has 1 fully saturated rings. The average Bonchev–Trinajstić information content (AvgIpc) is 3.42. The van der Waals surface area contributed by atoms with Gasteiger partial charge in [0.15, 0.2) is 17.0 Å². The van der Waals surface area contributed by atoms with Crippen molar-refractivity contribution >= 4 is 51.8 Å². The average molecular weight is 597 g/mol. The molecular formula is C32H40N10O2. The molecule has 0 spiro atoms. The Bertz CT molecular complexity index is 1640. The van der Waals surface area contributed by atoms with Gasteiger partial charge >= 0.3 is 0 Å². The van der Waals surface area contributed by atoms with Crippen LogP contribution in [-0.2, 0) is 4.79 Å². The van der Waals surface area contributed by atoms with E-state index in [1.165, 1.54) is 6.08 Å². The van der Waals surface area contributed by atoms with E-state index in [1.54, 1.807) is 36.7 Å². The third kappa shape index (κ3) is 7.57. The number of fused-ring (bicyclic) bond motifs is 1. The summed E-state index contributed by atoms with van der Waals surface area (Å²) in [5.41, 5.74) is 10.1. The molecule has 12 nitrogen and oxygen atoms in total. The first kappa shape index (κ1) is 30.6. The van der Waals surface area contributed by atoms with Gasteiger partial charge in [-0.15, -0.1) is 0 Å². The Kier molecular flexibility index (Phi) is 9.51. The number of likely N-dealkylation sites (N-methyl/N-ethyl adjacent to an activating group) is 1. The van der Waals surface area contributed by atoms with Crippen molar-refractivity contribution in [2.45, 2.75) is 38.8 Å². The first-order chi connectivity index (χ1) is 21.2. The van der Waals surface area contributed by atoms with Crippen molar-refractivity contribution < 1.29 is 9.59 Å². The second kappa shape index (κ2) is 13.7. The van der Waals surface area contributed by atoms with Crippen molar-refractivity contribution in [2.24, 2.45) is 5.73 Å². The first-order valence-corrected chi connectivity index (χ1v) is 14.8. The highest BCUT2D eigenvalue weighted by atomic mass is 16.2. The minimum atomic E-state index is -0.269. The third-order valence-electron chi connectivity index (χ3n) is 7.24. The number of benzene rings is 2. The van der Waals surface area contributed by atoms with Crippen molar-refractivity contribution in [2.75, 3.05) is 54.6 Å². The Morgan fingerprint density at radius 1 is 1.07 bits per heavy atom. The summed E-state index contributed by atoms with van der Waals surface area (Å²) in [5, 5.41) is 9.15. The zero-order valence-electron chi connectivity index (χ0n) is 25.6. The first-order valence-electron chi connectivity index (χ1n) is 14.8. The lowest BCUT2D eigenvalue weighted by atomic mass is 10.1. The minimum absolute atomic E-state index is 0.0833. The smallest absolute Gasteiger partial charge is 0.255 e. The van der Waals surface area contributed by atoms with E-state index in [0.29, 0.717) is 47.3 Å². The summed E-state index contributed by atoms with van der Waals surface area (Å²) in [4.78, 5) is 43.6. The van der Waals surface area contributed by atoms with Crippen LogP contribution in [0.5, 0.6) is 0 Å². The van der Waals surface area contributed by atoms with Crippen LogP contribution in [0.4, 0.5) is 28.8 Å². The third-order valence-corrected chi connectivity index (χ3v) is 7.24. The van der Waals surface area contributed by atoms with Gasteiger partial charge in [-0.05, 0) is 83.2 Å². The quantitative estimate of drug-likeness (QED) is 0.196. The number of rotatable bonds is 10. The topological polar surface area (TPSA) is 146 Å². The maximum absolute atomic E-state index is 13.0. The molecule has 1 unspecified atom stereocenters. The molecule has 0 saturated carbocycles. The van der Waals surface area contributed by atoms with Crippen LogP contribution in [-0.4, -0.2) is 76.0 Å². The van der Waals surface area contributed by atoms with Gasteiger partial charge in [0.25, 0.3) is 5.91 Å². The molecule has 0 bridgehead atoms. The van der Waals surface area contributed by atoms with Crippen LogP contribution in [0.3, 0.4) is 0 Å². The standard InChI is InChI=1S/C32H40N10O2/c1-21(2)42-20-34-28-29(38-32(39-30(28)42)41-17-6-8-23(33)19-41)36-25-9-5-10-26(18-25)37-31(44)22-12-14-24(15-13-22)35-27(43)11-7-16-40(3)4/h5,7,9-15,18,20-21,23H,6,8,16-17,19,33H2,1-4H3,(H,35,43)(H,37,44)(H,36,38,39)/b11-7+. The Morgan fingerprint density at radius 3 is 2.57 bits per heavy atom. The summed E-state index contributed by atoms with van der Waals surface area (Å²) < 4.78 is 2.03. The fourth-order valence-corrected chi connectivity index (χ4v) is 4.98. The van der Waals surface area contributed by atoms with Gasteiger partial charge in [0, 0.05) is 60.4 Å². The fraction of sp³-hybridized carbons (Fsp3) is 0.344. The second-order valence-corrected chi connectivity index (χ2v) is 11.5. The SMILES string of the molecule is CC(C)n1cnc2c(Nc3cccc(NC(=O)c4ccc(NC(=O)/C=C/CN(C)C)cc4)c3)nc(N3CCCC(N)C3)nc21. The van der Waals surface area contributed by atoms with Gasteiger partial charge in [-0.2, -0.15) is 9.97 Å². The molecule has 1 aliphatic heterocycles. The van der Waals surface area contributed by atoms with E-state index in [1.807, 2.05) is 47.8 Å². The number of aromatic nitrogens is 4. The van der Waals surface area contributed by atoms with Gasteiger partial charge < -0.3 is 36.1 Å². The molecule has 0 radical (unpaired) electrons. The number of piperidine rings is 1. The van der Waals surface area contributed by atoms with Gasteiger partial charge in [-0.25, -0.2) is 4.98 Å². The Hall–Kier alpha value is -4.81. The molecular weight excluding hydrogens is 556 g/mol. The molecule has 3 heterocycles. The van der Waals surface area contributed by atoms with E-state index < -0.39 is 0 Å². The lowest BCUT2D eigenvalue weighted by Gasteiger charge is -2.31. The van der Waals surface area contributed by atoms with Crippen molar-refractivity contribution in [1.82, 2.24) is 24.4 Å². The second-order valence-electron chi connectivity index (χ2n) is 11.5. The van der Waals surface area contributed by atoms with E-state index in [-0.39, 0.29) is 23.9 Å². The summed E-state index contributed by atoms with van der Waals surface area (Å²) in [6.45, 7) is 6.39. The van der Waals surface area contributed by atoms with Gasteiger partial charge in [-0.1, -0.05) is 12.1 Å². The fourth-order valence-electron chi connectivity index (χ4n) is 4.98. The number of hydrogen-bond donors (Lipinski definition) is 4. The molecule has 230 valence electrons. The van der Waals surface area contributed by atoms with Crippen LogP contribution in [0.2, 0.25) is 0 Å². The molecule has 2 aromatic heterocycles. The summed E-state index contributed by atoms with van der Waals surface area (Å²) in [5.74, 6) is 0.708. The van der Waals surface area contributed by atoms with E-state index in [9.17, 15) is 9.59 Å². The van der Waals surface area contributed by atoms with E-state index in [4.69, 9.17) is 15.7 Å². The minimum Gasteiger partial charge on any atom is -0.339 e. The Labute approximate surface area is 257 Å². The molecule has 44 heavy (non-hydrogen) atoms. The number of imidazole rings is 1. The summed E-state index contributed by atoms with van der Waals surface area (Å²) in [6.07, 6.45) is 7.05. The molecule has 0 aliphatic carbocycles. The van der Waals surface area contributed by atoms with Crippen molar-refractivity contribution in [1.29, 1.82) is 0 Å². The maximum Gasteiger partial charge on any atom is 0.255 e. The lowest BCUT2D eigenvalue weighted by molar-refractivity contribution is -0.111. The number of nitrogens with one attached hydrogen (secondary N) is 3. The van der Waals surface area contributed by atoms with Gasteiger partial charge in [0.05, 0.1) is 6.33 Å². The number of hydrogen-bond acceptors (Lipinski definition) is 9. The van der Waals surface area contributed by atoms with Crippen LogP contribution in [0.1, 0.15) is 43.1 Å². The number of nitrogens with two attached hydrogens (primary N) is 1. The predicted octanol–water partition coefficient (Wildman–Crippen LogP) is 4.39. The highest BCUT2D eigenvalue weighted by molar-refractivity contribution is 6.05. The van der Waals surface area contributed by atoms with Crippen molar-refractivity contribution in [3.8, 4) is 0 Å². The van der Waals surface area contributed by atoms with Crippen molar-refractivity contribution in [3.05, 3.63) is 72.6 Å². The molecule has 4 aromatic rings. The van der Waals surface area contributed by atoms with E-state index in [2.05, 4.69) is 39.7 Å². The molecule has 1 aliphatic rings. The molecule has 1 atom stereocenters. The lowest BCUT2D eigenvalue weighted by Crippen LogP contribution is -2.43. The molecule has 5 rings (SSSR count).